The summed E-state index contributed by atoms with van der Waals surface area (Å²) in [7, 11) is 1.48. The SMILES string of the molecule is CNC(=O)c1ccc(N[C@@H](C)c2cncs2)c([N+](=O)[O-])c1. The van der Waals surface area contributed by atoms with Crippen molar-refractivity contribution in [3.8, 4) is 0 Å². The van der Waals surface area contributed by atoms with E-state index in [0.29, 0.717) is 5.69 Å². The predicted octanol–water partition coefficient (Wildman–Crippen LogP) is 2.58. The minimum Gasteiger partial charge on any atom is -0.372 e. The molecule has 1 heterocycles. The first-order chi connectivity index (χ1) is 10.0. The lowest BCUT2D eigenvalue weighted by atomic mass is 10.1. The number of carbonyl (C=O) groups excluding carboxylic acids is 1. The van der Waals surface area contributed by atoms with Gasteiger partial charge in [0.2, 0.25) is 0 Å². The average molecular weight is 306 g/mol. The molecule has 0 spiro atoms. The van der Waals surface area contributed by atoms with E-state index in [4.69, 9.17) is 0 Å². The van der Waals surface area contributed by atoms with Crippen LogP contribution in [0.5, 0.6) is 0 Å². The van der Waals surface area contributed by atoms with Crippen molar-refractivity contribution in [1.29, 1.82) is 0 Å². The molecule has 0 aliphatic carbocycles. The van der Waals surface area contributed by atoms with Gasteiger partial charge < -0.3 is 10.6 Å². The Morgan fingerprint density at radius 2 is 2.24 bits per heavy atom. The quantitative estimate of drug-likeness (QED) is 0.653. The Labute approximate surface area is 125 Å². The summed E-state index contributed by atoms with van der Waals surface area (Å²) in [6.45, 7) is 1.89. The van der Waals surface area contributed by atoms with E-state index in [-0.39, 0.29) is 23.2 Å². The molecule has 0 bridgehead atoms. The maximum Gasteiger partial charge on any atom is 0.293 e. The van der Waals surface area contributed by atoms with Gasteiger partial charge in [0.25, 0.3) is 11.6 Å². The zero-order valence-corrected chi connectivity index (χ0v) is 12.3. The van der Waals surface area contributed by atoms with Gasteiger partial charge in [-0.3, -0.25) is 19.9 Å². The van der Waals surface area contributed by atoms with Gasteiger partial charge >= 0.3 is 0 Å². The van der Waals surface area contributed by atoms with Crippen molar-refractivity contribution >= 4 is 28.6 Å². The van der Waals surface area contributed by atoms with E-state index in [9.17, 15) is 14.9 Å². The van der Waals surface area contributed by atoms with Crippen LogP contribution in [0.4, 0.5) is 11.4 Å². The van der Waals surface area contributed by atoms with E-state index in [1.807, 2.05) is 6.92 Å². The number of aromatic nitrogens is 1. The monoisotopic (exact) mass is 306 g/mol. The fourth-order valence-electron chi connectivity index (χ4n) is 1.83. The maximum absolute atomic E-state index is 11.5. The molecule has 2 aromatic rings. The predicted molar refractivity (Wildman–Crippen MR) is 80.6 cm³/mol. The molecule has 1 amide bonds. The molecule has 2 rings (SSSR count). The molecule has 1 atom stereocenters. The Morgan fingerprint density at radius 3 is 2.81 bits per heavy atom. The molecule has 0 radical (unpaired) electrons. The molecule has 2 N–H and O–H groups in total. The fraction of sp³-hybridized carbons (Fsp3) is 0.231. The zero-order valence-electron chi connectivity index (χ0n) is 11.5. The lowest BCUT2D eigenvalue weighted by Crippen LogP contribution is -2.18. The number of nitrogens with one attached hydrogen (secondary N) is 2. The van der Waals surface area contributed by atoms with Crippen molar-refractivity contribution in [2.75, 3.05) is 12.4 Å². The van der Waals surface area contributed by atoms with Crippen molar-refractivity contribution in [1.82, 2.24) is 10.3 Å². The molecule has 0 saturated heterocycles. The zero-order chi connectivity index (χ0) is 15.4. The first-order valence-electron chi connectivity index (χ1n) is 6.18. The number of nitro benzene ring substituents is 1. The van der Waals surface area contributed by atoms with E-state index in [1.54, 1.807) is 23.8 Å². The van der Waals surface area contributed by atoms with Gasteiger partial charge in [-0.15, -0.1) is 11.3 Å². The normalized spacial score (nSPS) is 11.7. The molecule has 1 aromatic heterocycles. The van der Waals surface area contributed by atoms with Gasteiger partial charge in [0.05, 0.1) is 16.5 Å². The first kappa shape index (κ1) is 14.9. The highest BCUT2D eigenvalue weighted by atomic mass is 32.1. The molecule has 0 aliphatic rings. The van der Waals surface area contributed by atoms with Gasteiger partial charge in [-0.2, -0.15) is 0 Å². The molecule has 0 saturated carbocycles. The number of thiazole rings is 1. The van der Waals surface area contributed by atoms with Gasteiger partial charge in [-0.05, 0) is 19.1 Å². The Bertz CT molecular complexity index is 657. The molecule has 0 fully saturated rings. The molecule has 21 heavy (non-hydrogen) atoms. The molecule has 110 valence electrons. The van der Waals surface area contributed by atoms with Crippen molar-refractivity contribution in [3.05, 3.63) is 50.5 Å². The summed E-state index contributed by atoms with van der Waals surface area (Å²) in [5.74, 6) is -0.361. The summed E-state index contributed by atoms with van der Waals surface area (Å²) in [5, 5.41) is 16.7. The van der Waals surface area contributed by atoms with Crippen molar-refractivity contribution in [2.45, 2.75) is 13.0 Å². The summed E-state index contributed by atoms with van der Waals surface area (Å²) in [5.41, 5.74) is 2.19. The summed E-state index contributed by atoms with van der Waals surface area (Å²) < 4.78 is 0. The van der Waals surface area contributed by atoms with E-state index in [0.717, 1.165) is 4.88 Å². The highest BCUT2D eigenvalue weighted by Crippen LogP contribution is 2.30. The minimum absolute atomic E-state index is 0.109. The molecule has 0 unspecified atom stereocenters. The second-order valence-electron chi connectivity index (χ2n) is 4.34. The van der Waals surface area contributed by atoms with Crippen LogP contribution in [0.25, 0.3) is 0 Å². The third-order valence-electron chi connectivity index (χ3n) is 2.93. The van der Waals surface area contributed by atoms with E-state index >= 15 is 0 Å². The summed E-state index contributed by atoms with van der Waals surface area (Å²) in [6, 6.07) is 4.25. The van der Waals surface area contributed by atoms with Crippen LogP contribution < -0.4 is 10.6 Å². The molecular weight excluding hydrogens is 292 g/mol. The number of amides is 1. The fourth-order valence-corrected chi connectivity index (χ4v) is 2.46. The number of hydrogen-bond acceptors (Lipinski definition) is 6. The van der Waals surface area contributed by atoms with Crippen molar-refractivity contribution < 1.29 is 9.72 Å². The van der Waals surface area contributed by atoms with Crippen LogP contribution in [0.2, 0.25) is 0 Å². The Hall–Kier alpha value is -2.48. The number of nitrogens with zero attached hydrogens (tertiary/aromatic N) is 2. The molecule has 7 nitrogen and oxygen atoms in total. The number of rotatable bonds is 5. The van der Waals surface area contributed by atoms with Gasteiger partial charge in [0.1, 0.15) is 5.69 Å². The average Bonchev–Trinajstić information content (AvgIpc) is 3.00. The topological polar surface area (TPSA) is 97.2 Å². The standard InChI is InChI=1S/C13H14N4O3S/c1-8(12-6-15-7-21-12)16-10-4-3-9(13(18)14-2)5-11(10)17(19)20/h3-8,16H,1-2H3,(H,14,18)/t8-/m0/s1. The van der Waals surface area contributed by atoms with Crippen LogP contribution >= 0.6 is 11.3 Å². The Kier molecular flexibility index (Phi) is 4.49. The third-order valence-corrected chi connectivity index (χ3v) is 3.89. The van der Waals surface area contributed by atoms with Gasteiger partial charge in [-0.1, -0.05) is 0 Å². The van der Waals surface area contributed by atoms with Crippen LogP contribution in [0.1, 0.15) is 28.2 Å². The molecule has 1 aromatic carbocycles. The number of anilines is 1. The van der Waals surface area contributed by atoms with Crippen molar-refractivity contribution in [3.63, 3.8) is 0 Å². The number of nitro groups is 1. The van der Waals surface area contributed by atoms with Gasteiger partial charge in [0.15, 0.2) is 0 Å². The van der Waals surface area contributed by atoms with Gasteiger partial charge in [0, 0.05) is 29.8 Å². The number of benzene rings is 1. The maximum atomic E-state index is 11.5. The second kappa shape index (κ2) is 6.31. The van der Waals surface area contributed by atoms with Crippen LogP contribution in [-0.2, 0) is 0 Å². The van der Waals surface area contributed by atoms with Crippen LogP contribution in [0.15, 0.2) is 29.9 Å². The summed E-state index contributed by atoms with van der Waals surface area (Å²) >= 11 is 1.47. The van der Waals surface area contributed by atoms with Gasteiger partial charge in [-0.25, -0.2) is 0 Å². The summed E-state index contributed by atoms with van der Waals surface area (Å²) in [6.07, 6.45) is 1.72. The van der Waals surface area contributed by atoms with Crippen molar-refractivity contribution in [2.24, 2.45) is 0 Å². The largest absolute Gasteiger partial charge is 0.372 e. The van der Waals surface area contributed by atoms with E-state index in [2.05, 4.69) is 15.6 Å². The van der Waals surface area contributed by atoms with Crippen LogP contribution in [-0.4, -0.2) is 22.9 Å². The second-order valence-corrected chi connectivity index (χ2v) is 5.26. The highest BCUT2D eigenvalue weighted by molar-refractivity contribution is 7.09. The van der Waals surface area contributed by atoms with Crippen LogP contribution in [0.3, 0.4) is 0 Å². The number of hydrogen-bond donors (Lipinski definition) is 2. The van der Waals surface area contributed by atoms with Crippen LogP contribution in [0, 0.1) is 10.1 Å². The first-order valence-corrected chi connectivity index (χ1v) is 7.06. The molecule has 8 heteroatoms. The van der Waals surface area contributed by atoms with E-state index < -0.39 is 4.92 Å². The lowest BCUT2D eigenvalue weighted by molar-refractivity contribution is -0.384. The minimum atomic E-state index is -0.506. The molecular formula is C13H14N4O3S. The summed E-state index contributed by atoms with van der Waals surface area (Å²) in [4.78, 5) is 27.2. The highest BCUT2D eigenvalue weighted by Gasteiger charge is 2.19. The van der Waals surface area contributed by atoms with E-state index in [1.165, 1.54) is 24.5 Å². The third kappa shape index (κ3) is 3.34. The Balaban J connectivity index is 2.30. The number of carbonyl (C=O) groups is 1. The lowest BCUT2D eigenvalue weighted by Gasteiger charge is -2.13. The molecule has 0 aliphatic heterocycles. The smallest absolute Gasteiger partial charge is 0.293 e. The Morgan fingerprint density at radius 1 is 1.48 bits per heavy atom.